The third-order valence-electron chi connectivity index (χ3n) is 4.98. The van der Waals surface area contributed by atoms with Gasteiger partial charge >= 0.3 is 0 Å². The fourth-order valence-corrected chi connectivity index (χ4v) is 3.51. The van der Waals surface area contributed by atoms with Crippen LogP contribution in [0.2, 0.25) is 0 Å². The molecule has 24 heavy (non-hydrogen) atoms. The molecule has 2 aromatic rings. The second-order valence-corrected chi connectivity index (χ2v) is 6.65. The zero-order valence-corrected chi connectivity index (χ0v) is 14.6. The van der Waals surface area contributed by atoms with Crippen molar-refractivity contribution in [3.63, 3.8) is 0 Å². The van der Waals surface area contributed by atoms with Crippen LogP contribution in [0, 0.1) is 12.7 Å². The first kappa shape index (κ1) is 17.1. The van der Waals surface area contributed by atoms with Crippen LogP contribution in [0.5, 0.6) is 0 Å². The minimum absolute atomic E-state index is 0.242. The van der Waals surface area contributed by atoms with Crippen LogP contribution in [0.4, 0.5) is 4.39 Å². The number of nitrogens with zero attached hydrogens (tertiary/aromatic N) is 3. The summed E-state index contributed by atoms with van der Waals surface area (Å²) in [5, 5.41) is 3.99. The molecule has 0 saturated heterocycles. The predicted octanol–water partition coefficient (Wildman–Crippen LogP) is 4.38. The second kappa shape index (κ2) is 7.88. The highest BCUT2D eigenvalue weighted by molar-refractivity contribution is 5.54. The van der Waals surface area contributed by atoms with Crippen LogP contribution in [-0.4, -0.2) is 34.2 Å². The van der Waals surface area contributed by atoms with E-state index in [1.54, 1.807) is 13.0 Å². The summed E-state index contributed by atoms with van der Waals surface area (Å²) in [7, 11) is 0. The van der Waals surface area contributed by atoms with Crippen molar-refractivity contribution in [2.75, 3.05) is 13.1 Å². The molecule has 0 N–H and O–H groups in total. The molecule has 1 saturated carbocycles. The first-order valence-corrected chi connectivity index (χ1v) is 9.00. The van der Waals surface area contributed by atoms with Gasteiger partial charge in [0.1, 0.15) is 5.82 Å². The van der Waals surface area contributed by atoms with E-state index in [0.29, 0.717) is 22.8 Å². The van der Waals surface area contributed by atoms with Gasteiger partial charge in [-0.05, 0) is 50.9 Å². The maximum atomic E-state index is 13.7. The Morgan fingerprint density at radius 3 is 2.79 bits per heavy atom. The Morgan fingerprint density at radius 1 is 1.29 bits per heavy atom. The molecule has 0 atom stereocenters. The molecule has 0 aliphatic heterocycles. The van der Waals surface area contributed by atoms with Gasteiger partial charge in [0.15, 0.2) is 0 Å². The van der Waals surface area contributed by atoms with Gasteiger partial charge in [-0.1, -0.05) is 37.1 Å². The molecule has 130 valence electrons. The van der Waals surface area contributed by atoms with Gasteiger partial charge in [0, 0.05) is 18.0 Å². The molecule has 0 radical (unpaired) electrons. The number of benzene rings is 1. The van der Waals surface area contributed by atoms with Gasteiger partial charge in [-0.2, -0.15) is 4.98 Å². The largest absolute Gasteiger partial charge is 0.339 e. The molecule has 1 aromatic carbocycles. The van der Waals surface area contributed by atoms with Crippen LogP contribution < -0.4 is 0 Å². The van der Waals surface area contributed by atoms with Crippen LogP contribution in [0.25, 0.3) is 11.4 Å². The molecule has 4 nitrogen and oxygen atoms in total. The van der Waals surface area contributed by atoms with Gasteiger partial charge < -0.3 is 9.42 Å². The average Bonchev–Trinajstić information content (AvgIpc) is 3.26. The van der Waals surface area contributed by atoms with Crippen molar-refractivity contribution in [1.29, 1.82) is 0 Å². The van der Waals surface area contributed by atoms with Crippen molar-refractivity contribution < 1.29 is 8.91 Å². The lowest BCUT2D eigenvalue weighted by atomic mass is 10.1. The molecular formula is C19H26FN3O. The highest BCUT2D eigenvalue weighted by Crippen LogP contribution is 2.24. The molecule has 0 bridgehead atoms. The number of hydrogen-bond donors (Lipinski definition) is 0. The topological polar surface area (TPSA) is 42.2 Å². The number of rotatable bonds is 7. The van der Waals surface area contributed by atoms with Crippen molar-refractivity contribution in [2.24, 2.45) is 0 Å². The normalized spacial score (nSPS) is 15.5. The molecular weight excluding hydrogens is 305 g/mol. The van der Waals surface area contributed by atoms with E-state index in [1.807, 2.05) is 6.07 Å². The SMILES string of the molecule is CCN(CCCc1nc(-c2ccc(C)c(F)c2)no1)C1CCCC1. The molecule has 1 aromatic heterocycles. The van der Waals surface area contributed by atoms with Gasteiger partial charge in [-0.15, -0.1) is 0 Å². The first-order chi connectivity index (χ1) is 11.7. The van der Waals surface area contributed by atoms with E-state index >= 15 is 0 Å². The van der Waals surface area contributed by atoms with Crippen LogP contribution >= 0.6 is 0 Å². The molecule has 0 unspecified atom stereocenters. The maximum absolute atomic E-state index is 13.7. The second-order valence-electron chi connectivity index (χ2n) is 6.65. The highest BCUT2D eigenvalue weighted by Gasteiger charge is 2.21. The summed E-state index contributed by atoms with van der Waals surface area (Å²) in [4.78, 5) is 6.98. The summed E-state index contributed by atoms with van der Waals surface area (Å²) < 4.78 is 19.0. The fraction of sp³-hybridized carbons (Fsp3) is 0.579. The summed E-state index contributed by atoms with van der Waals surface area (Å²) >= 11 is 0. The van der Waals surface area contributed by atoms with Crippen molar-refractivity contribution in [1.82, 2.24) is 15.0 Å². The molecule has 1 fully saturated rings. The van der Waals surface area contributed by atoms with Crippen LogP contribution in [-0.2, 0) is 6.42 Å². The maximum Gasteiger partial charge on any atom is 0.227 e. The Labute approximate surface area is 143 Å². The molecule has 1 aliphatic carbocycles. The predicted molar refractivity (Wildman–Crippen MR) is 92.3 cm³/mol. The van der Waals surface area contributed by atoms with Crippen molar-refractivity contribution in [2.45, 2.75) is 58.4 Å². The quantitative estimate of drug-likeness (QED) is 0.755. The summed E-state index contributed by atoms with van der Waals surface area (Å²) in [6.07, 6.45) is 7.16. The van der Waals surface area contributed by atoms with Crippen molar-refractivity contribution >= 4 is 0 Å². The lowest BCUT2D eigenvalue weighted by molar-refractivity contribution is 0.204. The summed E-state index contributed by atoms with van der Waals surface area (Å²) in [6.45, 7) is 6.14. The van der Waals surface area contributed by atoms with Gasteiger partial charge in [-0.25, -0.2) is 4.39 Å². The minimum atomic E-state index is -0.242. The average molecular weight is 331 g/mol. The van der Waals surface area contributed by atoms with Gasteiger partial charge in [-0.3, -0.25) is 0 Å². The van der Waals surface area contributed by atoms with Gasteiger partial charge in [0.25, 0.3) is 0 Å². The molecule has 0 spiro atoms. The third kappa shape index (κ3) is 4.01. The van der Waals surface area contributed by atoms with Gasteiger partial charge in [0.2, 0.25) is 11.7 Å². The van der Waals surface area contributed by atoms with E-state index < -0.39 is 0 Å². The molecule has 5 heteroatoms. The molecule has 0 amide bonds. The minimum Gasteiger partial charge on any atom is -0.339 e. The molecule has 3 rings (SSSR count). The van der Waals surface area contributed by atoms with Crippen LogP contribution in [0.3, 0.4) is 0 Å². The molecule has 1 aliphatic rings. The fourth-order valence-electron chi connectivity index (χ4n) is 3.51. The van der Waals surface area contributed by atoms with Crippen LogP contribution in [0.15, 0.2) is 22.7 Å². The monoisotopic (exact) mass is 331 g/mol. The molecule has 1 heterocycles. The van der Waals surface area contributed by atoms with E-state index in [9.17, 15) is 4.39 Å². The van der Waals surface area contributed by atoms with E-state index in [4.69, 9.17) is 4.52 Å². The summed E-state index contributed by atoms with van der Waals surface area (Å²) in [5.41, 5.74) is 1.28. The number of aromatic nitrogens is 2. The summed E-state index contributed by atoms with van der Waals surface area (Å²) in [5.74, 6) is 0.856. The Balaban J connectivity index is 1.55. The number of hydrogen-bond acceptors (Lipinski definition) is 4. The standard InChI is InChI=1S/C19H26FN3O/c1-3-23(16-7-4-5-8-16)12-6-9-18-21-19(22-24-18)15-11-10-14(2)17(20)13-15/h10-11,13,16H,3-9,12H2,1-2H3. The van der Waals surface area contributed by atoms with Crippen molar-refractivity contribution in [3.8, 4) is 11.4 Å². The van der Waals surface area contributed by atoms with Crippen LogP contribution in [0.1, 0.15) is 50.5 Å². The lowest BCUT2D eigenvalue weighted by Crippen LogP contribution is -2.34. The lowest BCUT2D eigenvalue weighted by Gasteiger charge is -2.27. The van der Waals surface area contributed by atoms with E-state index in [0.717, 1.165) is 32.0 Å². The number of halogens is 1. The summed E-state index contributed by atoms with van der Waals surface area (Å²) in [6, 6.07) is 5.78. The zero-order chi connectivity index (χ0) is 16.9. The van der Waals surface area contributed by atoms with E-state index in [2.05, 4.69) is 22.0 Å². The Hall–Kier alpha value is -1.75. The number of aryl methyl sites for hydroxylation is 2. The Morgan fingerprint density at radius 2 is 2.08 bits per heavy atom. The highest BCUT2D eigenvalue weighted by atomic mass is 19.1. The van der Waals surface area contributed by atoms with E-state index in [-0.39, 0.29) is 5.82 Å². The smallest absolute Gasteiger partial charge is 0.227 e. The van der Waals surface area contributed by atoms with Gasteiger partial charge in [0.05, 0.1) is 0 Å². The van der Waals surface area contributed by atoms with E-state index in [1.165, 1.54) is 31.7 Å². The third-order valence-corrected chi connectivity index (χ3v) is 4.98. The Bertz CT molecular complexity index is 664. The Kier molecular flexibility index (Phi) is 5.61. The first-order valence-electron chi connectivity index (χ1n) is 9.00. The van der Waals surface area contributed by atoms with Crippen molar-refractivity contribution in [3.05, 3.63) is 35.5 Å². The zero-order valence-electron chi connectivity index (χ0n) is 14.6.